The van der Waals surface area contributed by atoms with E-state index < -0.39 is 0 Å². The average molecular weight is 295 g/mol. The van der Waals surface area contributed by atoms with Crippen molar-refractivity contribution in [1.82, 2.24) is 20.2 Å². The van der Waals surface area contributed by atoms with E-state index in [1.165, 1.54) is 0 Å². The molecule has 0 spiro atoms. The molecule has 4 heterocycles. The minimum atomic E-state index is -0.350. The number of nitrogens with one attached hydrogen (secondary N) is 1. The zero-order valence-electron chi connectivity index (χ0n) is 12.1. The van der Waals surface area contributed by atoms with E-state index in [0.717, 1.165) is 35.4 Å². The summed E-state index contributed by atoms with van der Waals surface area (Å²) in [7, 11) is 0. The van der Waals surface area contributed by atoms with Crippen LogP contribution in [0.25, 0.3) is 11.0 Å². The lowest BCUT2D eigenvalue weighted by molar-refractivity contribution is 0.148. The van der Waals surface area contributed by atoms with Crippen LogP contribution in [-0.2, 0) is 6.42 Å². The number of rotatable bonds is 3. The minimum absolute atomic E-state index is 0.185. The van der Waals surface area contributed by atoms with Gasteiger partial charge in [-0.3, -0.25) is 10.1 Å². The number of aromatic amines is 1. The highest BCUT2D eigenvalue weighted by atomic mass is 16.3. The van der Waals surface area contributed by atoms with E-state index in [1.807, 2.05) is 24.3 Å². The Morgan fingerprint density at radius 2 is 2.14 bits per heavy atom. The molecule has 4 rings (SSSR count). The van der Waals surface area contributed by atoms with Gasteiger partial charge in [-0.2, -0.15) is 5.10 Å². The second kappa shape index (κ2) is 5.38. The Morgan fingerprint density at radius 1 is 1.18 bits per heavy atom. The zero-order valence-corrected chi connectivity index (χ0v) is 12.1. The van der Waals surface area contributed by atoms with Gasteiger partial charge in [0.15, 0.2) is 5.65 Å². The van der Waals surface area contributed by atoms with Gasteiger partial charge in [-0.15, -0.1) is 0 Å². The zero-order chi connectivity index (χ0) is 14.9. The van der Waals surface area contributed by atoms with E-state index in [4.69, 9.17) is 0 Å². The molecule has 6 nitrogen and oxygen atoms in total. The van der Waals surface area contributed by atoms with E-state index in [0.29, 0.717) is 6.54 Å². The molecule has 22 heavy (non-hydrogen) atoms. The van der Waals surface area contributed by atoms with Crippen LogP contribution in [0, 0.1) is 5.92 Å². The molecule has 2 atom stereocenters. The first kappa shape index (κ1) is 13.2. The number of nitrogens with zero attached hydrogens (tertiary/aromatic N) is 4. The third-order valence-electron chi connectivity index (χ3n) is 4.28. The van der Waals surface area contributed by atoms with Crippen LogP contribution in [0.3, 0.4) is 0 Å². The van der Waals surface area contributed by atoms with Crippen LogP contribution in [-0.4, -0.2) is 44.5 Å². The van der Waals surface area contributed by atoms with Crippen molar-refractivity contribution in [1.29, 1.82) is 0 Å². The van der Waals surface area contributed by atoms with E-state index in [2.05, 4.69) is 25.1 Å². The van der Waals surface area contributed by atoms with Crippen molar-refractivity contribution in [2.75, 3.05) is 18.0 Å². The Kier molecular flexibility index (Phi) is 3.23. The summed E-state index contributed by atoms with van der Waals surface area (Å²) in [5.41, 5.74) is 2.87. The summed E-state index contributed by atoms with van der Waals surface area (Å²) in [6, 6.07) is 7.89. The molecule has 1 saturated heterocycles. The number of aromatic nitrogens is 4. The van der Waals surface area contributed by atoms with Crippen LogP contribution in [0.1, 0.15) is 5.69 Å². The van der Waals surface area contributed by atoms with Crippen LogP contribution >= 0.6 is 0 Å². The maximum Gasteiger partial charge on any atom is 0.157 e. The van der Waals surface area contributed by atoms with Crippen LogP contribution < -0.4 is 4.90 Å². The van der Waals surface area contributed by atoms with Gasteiger partial charge in [-0.05, 0) is 24.6 Å². The molecule has 3 aromatic heterocycles. The van der Waals surface area contributed by atoms with Gasteiger partial charge in [0.1, 0.15) is 0 Å². The topological polar surface area (TPSA) is 77.9 Å². The predicted molar refractivity (Wildman–Crippen MR) is 83.5 cm³/mol. The SMILES string of the molecule is O[C@@H]1CN(c2ccnc3[nH]ncc23)C[C@H]1Cc1ccccn1. The Bertz CT molecular complexity index is 772. The summed E-state index contributed by atoms with van der Waals surface area (Å²) in [6.07, 6.45) is 5.80. The van der Waals surface area contributed by atoms with Crippen molar-refractivity contribution in [2.45, 2.75) is 12.5 Å². The molecule has 0 unspecified atom stereocenters. The summed E-state index contributed by atoms with van der Waals surface area (Å²) >= 11 is 0. The fraction of sp³-hybridized carbons (Fsp3) is 0.312. The number of fused-ring (bicyclic) bond motifs is 1. The first-order valence-electron chi connectivity index (χ1n) is 7.42. The van der Waals surface area contributed by atoms with Crippen molar-refractivity contribution < 1.29 is 5.11 Å². The third kappa shape index (κ3) is 2.31. The highest BCUT2D eigenvalue weighted by molar-refractivity contribution is 5.88. The number of β-amino-alcohol motifs (C(OH)–C–C–N with tert-alkyl or cyclic N) is 1. The third-order valence-corrected chi connectivity index (χ3v) is 4.28. The summed E-state index contributed by atoms with van der Waals surface area (Å²) in [5.74, 6) is 0.185. The smallest absolute Gasteiger partial charge is 0.157 e. The second-order valence-electron chi connectivity index (χ2n) is 5.72. The molecule has 1 aliphatic heterocycles. The molecule has 0 bridgehead atoms. The molecule has 0 saturated carbocycles. The largest absolute Gasteiger partial charge is 0.391 e. The molecule has 0 radical (unpaired) electrons. The van der Waals surface area contributed by atoms with E-state index in [-0.39, 0.29) is 12.0 Å². The molecular weight excluding hydrogens is 278 g/mol. The molecule has 1 aliphatic rings. The molecule has 0 aliphatic carbocycles. The normalized spacial score (nSPS) is 21.6. The first-order valence-corrected chi connectivity index (χ1v) is 7.42. The Hall–Kier alpha value is -2.47. The fourth-order valence-corrected chi connectivity index (χ4v) is 3.15. The van der Waals surface area contributed by atoms with Gasteiger partial charge in [0.05, 0.1) is 23.4 Å². The first-order chi connectivity index (χ1) is 10.8. The van der Waals surface area contributed by atoms with Gasteiger partial charge in [-0.1, -0.05) is 6.07 Å². The summed E-state index contributed by atoms with van der Waals surface area (Å²) in [4.78, 5) is 10.8. The summed E-state index contributed by atoms with van der Waals surface area (Å²) < 4.78 is 0. The van der Waals surface area contributed by atoms with Gasteiger partial charge >= 0.3 is 0 Å². The van der Waals surface area contributed by atoms with Gasteiger partial charge in [0.2, 0.25) is 0 Å². The molecule has 3 aromatic rings. The lowest BCUT2D eigenvalue weighted by Gasteiger charge is -2.18. The second-order valence-corrected chi connectivity index (χ2v) is 5.72. The lowest BCUT2D eigenvalue weighted by atomic mass is 10.00. The van der Waals surface area contributed by atoms with Gasteiger partial charge in [0.25, 0.3) is 0 Å². The number of H-pyrrole nitrogens is 1. The van der Waals surface area contributed by atoms with Crippen LogP contribution in [0.5, 0.6) is 0 Å². The van der Waals surface area contributed by atoms with Crippen LogP contribution in [0.2, 0.25) is 0 Å². The monoisotopic (exact) mass is 295 g/mol. The van der Waals surface area contributed by atoms with E-state index >= 15 is 0 Å². The molecular formula is C16H17N5O. The highest BCUT2D eigenvalue weighted by Gasteiger charge is 2.32. The Morgan fingerprint density at radius 3 is 3.00 bits per heavy atom. The molecule has 112 valence electrons. The van der Waals surface area contributed by atoms with Gasteiger partial charge < -0.3 is 10.0 Å². The number of pyridine rings is 2. The maximum absolute atomic E-state index is 10.4. The standard InChI is InChI=1S/C16H17N5O/c22-15-10-21(9-11(15)7-12-3-1-2-5-17-12)14-4-6-18-16-13(14)8-19-20-16/h1-6,8,11,15,22H,7,9-10H2,(H,18,19,20)/t11-,15-/m1/s1. The van der Waals surface area contributed by atoms with Gasteiger partial charge in [0, 0.05) is 37.1 Å². The number of hydrogen-bond acceptors (Lipinski definition) is 5. The van der Waals surface area contributed by atoms with Crippen molar-refractivity contribution >= 4 is 16.7 Å². The average Bonchev–Trinajstić information content (AvgIpc) is 3.15. The summed E-state index contributed by atoms with van der Waals surface area (Å²) in [6.45, 7) is 1.43. The van der Waals surface area contributed by atoms with Crippen LogP contribution in [0.15, 0.2) is 42.9 Å². The van der Waals surface area contributed by atoms with Crippen molar-refractivity contribution in [3.8, 4) is 0 Å². The van der Waals surface area contributed by atoms with E-state index in [1.54, 1.807) is 18.6 Å². The highest BCUT2D eigenvalue weighted by Crippen LogP contribution is 2.30. The molecule has 1 fully saturated rings. The van der Waals surface area contributed by atoms with Crippen molar-refractivity contribution in [3.63, 3.8) is 0 Å². The molecule has 2 N–H and O–H groups in total. The molecule has 0 aromatic carbocycles. The number of anilines is 1. The number of hydrogen-bond donors (Lipinski definition) is 2. The van der Waals surface area contributed by atoms with Gasteiger partial charge in [-0.25, -0.2) is 4.98 Å². The predicted octanol–water partition coefficient (Wildman–Crippen LogP) is 1.39. The molecule has 0 amide bonds. The Balaban J connectivity index is 1.57. The Labute approximate surface area is 127 Å². The minimum Gasteiger partial charge on any atom is -0.391 e. The summed E-state index contributed by atoms with van der Waals surface area (Å²) in [5, 5.41) is 18.3. The van der Waals surface area contributed by atoms with Crippen molar-refractivity contribution in [2.24, 2.45) is 5.92 Å². The lowest BCUT2D eigenvalue weighted by Crippen LogP contribution is -2.21. The number of aliphatic hydroxyl groups is 1. The quantitative estimate of drug-likeness (QED) is 0.763. The maximum atomic E-state index is 10.4. The number of aliphatic hydroxyl groups excluding tert-OH is 1. The van der Waals surface area contributed by atoms with Crippen molar-refractivity contribution in [3.05, 3.63) is 48.5 Å². The van der Waals surface area contributed by atoms with E-state index in [9.17, 15) is 5.11 Å². The fourth-order valence-electron chi connectivity index (χ4n) is 3.15. The molecule has 6 heteroatoms. The van der Waals surface area contributed by atoms with Crippen LogP contribution in [0.4, 0.5) is 5.69 Å².